The van der Waals surface area contributed by atoms with Crippen LogP contribution >= 0.6 is 24.0 Å². The highest BCUT2D eigenvalue weighted by Crippen LogP contribution is 2.55. The monoisotopic (exact) mass is 491 g/mol. The smallest absolute Gasteiger partial charge is 0.296 e. The number of halogens is 14. The van der Waals surface area contributed by atoms with Gasteiger partial charge in [0.25, 0.3) is 6.43 Å². The van der Waals surface area contributed by atoms with Crippen LogP contribution in [0.1, 0.15) is 0 Å². The van der Waals surface area contributed by atoms with Crippen molar-refractivity contribution in [2.45, 2.75) is 48.8 Å². The highest BCUT2D eigenvalue weighted by Gasteiger charge is 2.84. The summed E-state index contributed by atoms with van der Waals surface area (Å²) in [7, 11) is 0. The number of alkyl halides is 13. The van der Waals surface area contributed by atoms with E-state index in [0.29, 0.717) is 0 Å². The summed E-state index contributed by atoms with van der Waals surface area (Å²) in [6.45, 7) is 0. The van der Waals surface area contributed by atoms with Crippen molar-refractivity contribution in [3.05, 3.63) is 0 Å². The molecule has 0 aromatic carbocycles. The molecule has 0 aliphatic rings. The maximum atomic E-state index is 12.9. The van der Waals surface area contributed by atoms with E-state index in [1.54, 1.807) is 0 Å². The largest absolute Gasteiger partial charge is 0.382 e. The van der Waals surface area contributed by atoms with Crippen molar-refractivity contribution < 1.29 is 57.1 Å². The second kappa shape index (κ2) is 7.35. The zero-order valence-corrected chi connectivity index (χ0v) is 12.5. The fraction of sp³-hybridized carbons (Fsp3) is 1.00. The summed E-state index contributed by atoms with van der Waals surface area (Å²) in [6, 6.07) is 0. The molecule has 3 unspecified atom stereocenters. The predicted octanol–water partition coefficient (Wildman–Crippen LogP) is 4.34. The minimum atomic E-state index is -7.44. The van der Waals surface area contributed by atoms with Crippen molar-refractivity contribution in [2.75, 3.05) is 0 Å². The second-order valence-electron chi connectivity index (χ2n) is 3.98. The summed E-state index contributed by atoms with van der Waals surface area (Å²) >= 11 is 0. The summed E-state index contributed by atoms with van der Waals surface area (Å²) < 4.78 is 162. The second-order valence-corrected chi connectivity index (χ2v) is 3.98. The topological polar surface area (TPSA) is 26.0 Å². The molecule has 0 saturated carbocycles. The Morgan fingerprint density at radius 2 is 0.913 bits per heavy atom. The van der Waals surface area contributed by atoms with Crippen LogP contribution in [0.25, 0.3) is 0 Å². The first kappa shape index (κ1) is 25.0. The molecule has 0 bridgehead atoms. The van der Waals surface area contributed by atoms with Gasteiger partial charge in [-0.25, -0.2) is 22.0 Å². The number of hydrogen-bond donors (Lipinski definition) is 1. The lowest BCUT2D eigenvalue weighted by Crippen LogP contribution is -2.69. The Morgan fingerprint density at radius 3 is 1.17 bits per heavy atom. The highest BCUT2D eigenvalue weighted by molar-refractivity contribution is 14.0. The minimum absolute atomic E-state index is 0. The first-order chi connectivity index (χ1) is 9.46. The molecule has 0 fully saturated rings. The summed E-state index contributed by atoms with van der Waals surface area (Å²) in [5.41, 5.74) is 3.62. The van der Waals surface area contributed by atoms with Gasteiger partial charge in [-0.05, 0) is 0 Å². The van der Waals surface area contributed by atoms with Crippen LogP contribution in [-0.2, 0) is 0 Å². The molecule has 0 radical (unpaired) electrons. The van der Waals surface area contributed by atoms with Gasteiger partial charge in [0.15, 0.2) is 6.17 Å². The van der Waals surface area contributed by atoms with Gasteiger partial charge in [0.05, 0.1) is 0 Å². The third-order valence-corrected chi connectivity index (χ3v) is 2.44. The van der Waals surface area contributed by atoms with Gasteiger partial charge in [-0.2, -0.15) is 35.1 Å². The first-order valence-electron chi connectivity index (χ1n) is 4.93. The first-order valence-corrected chi connectivity index (χ1v) is 4.93. The minimum Gasteiger partial charge on any atom is -0.296 e. The molecular weight excluding hydrogens is 484 g/mol. The molecule has 3 atom stereocenters. The Kier molecular flexibility index (Phi) is 7.99. The van der Waals surface area contributed by atoms with Crippen LogP contribution in [0.5, 0.6) is 0 Å². The quantitative estimate of drug-likeness (QED) is 0.321. The third-order valence-electron chi connectivity index (χ3n) is 2.44. The van der Waals surface area contributed by atoms with Crippen molar-refractivity contribution >= 4 is 24.0 Å². The van der Waals surface area contributed by atoms with Gasteiger partial charge in [0.2, 0.25) is 12.5 Å². The molecule has 0 aliphatic heterocycles. The third kappa shape index (κ3) is 3.89. The van der Waals surface area contributed by atoms with Gasteiger partial charge in [-0.1, -0.05) is 0 Å². The van der Waals surface area contributed by atoms with Crippen LogP contribution in [0.15, 0.2) is 0 Å². The standard InChI is InChI=1S/C8H6F13N.HI/c9-1(3(11)12)2(10)5(14,15)7(18,19)8(20,21)6(16,17)4(13)22;/h1-4H,22H2;1H. The van der Waals surface area contributed by atoms with E-state index < -0.39 is 48.8 Å². The van der Waals surface area contributed by atoms with Gasteiger partial charge in [-0.15, -0.1) is 24.0 Å². The van der Waals surface area contributed by atoms with Crippen LogP contribution in [0, 0.1) is 0 Å². The summed E-state index contributed by atoms with van der Waals surface area (Å²) in [5, 5.41) is 0. The predicted molar refractivity (Wildman–Crippen MR) is 60.1 cm³/mol. The molecule has 0 aromatic rings. The van der Waals surface area contributed by atoms with Crippen LogP contribution < -0.4 is 5.73 Å². The SMILES string of the molecule is I.NC(F)C(F)(F)C(F)(F)C(F)(F)C(F)(F)C(F)C(F)C(F)F. The highest BCUT2D eigenvalue weighted by atomic mass is 127. The molecule has 0 aromatic heterocycles. The van der Waals surface area contributed by atoms with Gasteiger partial charge >= 0.3 is 23.7 Å². The maximum Gasteiger partial charge on any atom is 0.382 e. The molecule has 142 valence electrons. The lowest BCUT2D eigenvalue weighted by atomic mass is 9.93. The van der Waals surface area contributed by atoms with Gasteiger partial charge in [0.1, 0.15) is 0 Å². The number of hydrogen-bond acceptors (Lipinski definition) is 1. The average molecular weight is 491 g/mol. The molecule has 0 spiro atoms. The van der Waals surface area contributed by atoms with E-state index in [1.807, 2.05) is 0 Å². The molecule has 2 N–H and O–H groups in total. The Labute approximate surface area is 136 Å². The Bertz CT molecular complexity index is 384. The Hall–Kier alpha value is -0.220. The molecule has 0 amide bonds. The Balaban J connectivity index is 0. The fourth-order valence-electron chi connectivity index (χ4n) is 1.09. The van der Waals surface area contributed by atoms with Gasteiger partial charge in [0, 0.05) is 0 Å². The molecule has 23 heavy (non-hydrogen) atoms. The van der Waals surface area contributed by atoms with Crippen LogP contribution in [0.4, 0.5) is 57.1 Å². The van der Waals surface area contributed by atoms with Gasteiger partial charge in [-0.3, -0.25) is 5.73 Å². The van der Waals surface area contributed by atoms with Gasteiger partial charge < -0.3 is 0 Å². The van der Waals surface area contributed by atoms with Crippen molar-refractivity contribution in [1.82, 2.24) is 0 Å². The molecule has 0 rings (SSSR count). The van der Waals surface area contributed by atoms with E-state index in [0.717, 1.165) is 0 Å². The van der Waals surface area contributed by atoms with E-state index in [4.69, 9.17) is 0 Å². The van der Waals surface area contributed by atoms with Crippen molar-refractivity contribution in [3.8, 4) is 0 Å². The Morgan fingerprint density at radius 1 is 0.609 bits per heavy atom. The van der Waals surface area contributed by atoms with Crippen LogP contribution in [-0.4, -0.2) is 48.8 Å². The summed E-state index contributed by atoms with van der Waals surface area (Å²) in [4.78, 5) is 0. The van der Waals surface area contributed by atoms with Crippen molar-refractivity contribution in [1.29, 1.82) is 0 Å². The van der Waals surface area contributed by atoms with Crippen LogP contribution in [0.2, 0.25) is 0 Å². The van der Waals surface area contributed by atoms with Crippen molar-refractivity contribution in [3.63, 3.8) is 0 Å². The normalized spacial score (nSPS) is 18.4. The zero-order chi connectivity index (χ0) is 18.3. The molecule has 0 heterocycles. The molecule has 0 aliphatic carbocycles. The number of nitrogens with two attached hydrogens (primary N) is 1. The lowest BCUT2D eigenvalue weighted by Gasteiger charge is -2.38. The molecule has 15 heteroatoms. The van der Waals surface area contributed by atoms with E-state index in [2.05, 4.69) is 5.73 Å². The lowest BCUT2D eigenvalue weighted by molar-refractivity contribution is -0.386. The van der Waals surface area contributed by atoms with E-state index in [9.17, 15) is 57.1 Å². The molecule has 1 nitrogen and oxygen atoms in total. The van der Waals surface area contributed by atoms with E-state index >= 15 is 0 Å². The fourth-order valence-corrected chi connectivity index (χ4v) is 1.09. The molecular formula is C8H7F13IN. The van der Waals surface area contributed by atoms with E-state index in [1.165, 1.54) is 0 Å². The summed E-state index contributed by atoms with van der Waals surface area (Å²) in [5.74, 6) is -28.4. The molecule has 0 saturated heterocycles. The number of rotatable bonds is 7. The average Bonchev–Trinajstić information content (AvgIpc) is 2.35. The van der Waals surface area contributed by atoms with E-state index in [-0.39, 0.29) is 24.0 Å². The zero-order valence-electron chi connectivity index (χ0n) is 10.2. The maximum absolute atomic E-state index is 12.9. The summed E-state index contributed by atoms with van der Waals surface area (Å²) in [6.07, 6.45) is -19.2. The van der Waals surface area contributed by atoms with Crippen LogP contribution in [0.3, 0.4) is 0 Å². The van der Waals surface area contributed by atoms with Crippen molar-refractivity contribution in [2.24, 2.45) is 5.73 Å².